The average molecular weight is 351 g/mol. The molecule has 5 heteroatoms. The molecule has 0 spiro atoms. The van der Waals surface area contributed by atoms with Gasteiger partial charge in [-0.1, -0.05) is 23.4 Å². The van der Waals surface area contributed by atoms with Crippen LogP contribution in [0, 0.1) is 20.8 Å². The van der Waals surface area contributed by atoms with Crippen LogP contribution in [-0.2, 0) is 16.0 Å². The lowest BCUT2D eigenvalue weighted by Gasteiger charge is -2.15. The van der Waals surface area contributed by atoms with E-state index in [1.165, 1.54) is 0 Å². The number of benzene rings is 2. The van der Waals surface area contributed by atoms with E-state index < -0.39 is 12.1 Å². The third-order valence-electron chi connectivity index (χ3n) is 4.55. The van der Waals surface area contributed by atoms with Crippen LogP contribution in [0.4, 0.5) is 0 Å². The van der Waals surface area contributed by atoms with Gasteiger partial charge in [-0.15, -0.1) is 0 Å². The Kier molecular flexibility index (Phi) is 4.89. The normalized spacial score (nSPS) is 12.2. The first-order valence-electron chi connectivity index (χ1n) is 8.51. The van der Waals surface area contributed by atoms with Crippen LogP contribution in [0.15, 0.2) is 40.9 Å². The number of esters is 1. The minimum absolute atomic E-state index is 0.0411. The molecule has 1 heterocycles. The van der Waals surface area contributed by atoms with Gasteiger partial charge in [-0.3, -0.25) is 9.59 Å². The van der Waals surface area contributed by atoms with Crippen LogP contribution in [0.3, 0.4) is 0 Å². The highest BCUT2D eigenvalue weighted by Crippen LogP contribution is 2.20. The minimum Gasteiger partial charge on any atom is -0.454 e. The topological polar surface area (TPSA) is 69.4 Å². The highest BCUT2D eigenvalue weighted by atomic mass is 16.5. The van der Waals surface area contributed by atoms with Gasteiger partial charge in [0.2, 0.25) is 5.78 Å². The summed E-state index contributed by atoms with van der Waals surface area (Å²) in [5, 5.41) is 4.69. The number of aromatic nitrogens is 1. The van der Waals surface area contributed by atoms with Crippen molar-refractivity contribution in [2.24, 2.45) is 0 Å². The number of hydrogen-bond donors (Lipinski definition) is 0. The number of Topliss-reactive ketones (excluding diaryl/α,β-unsaturated/α-hetero) is 1. The molecule has 0 N–H and O–H groups in total. The first-order chi connectivity index (χ1) is 12.4. The number of nitrogens with zero attached hydrogens (tertiary/aromatic N) is 1. The van der Waals surface area contributed by atoms with Crippen LogP contribution in [0.1, 0.15) is 39.7 Å². The van der Waals surface area contributed by atoms with Gasteiger partial charge in [0.1, 0.15) is 5.69 Å². The Hall–Kier alpha value is -2.95. The lowest BCUT2D eigenvalue weighted by atomic mass is 9.96. The number of fused-ring (bicyclic) bond motifs is 1. The molecule has 2 aromatic carbocycles. The van der Waals surface area contributed by atoms with E-state index in [9.17, 15) is 9.59 Å². The zero-order chi connectivity index (χ0) is 18.8. The van der Waals surface area contributed by atoms with Gasteiger partial charge in [-0.2, -0.15) is 0 Å². The summed E-state index contributed by atoms with van der Waals surface area (Å²) >= 11 is 0. The standard InChI is InChI=1S/C21H21NO4/c1-12-9-14(3)17(10-13(12)2)21(24)15(4)25-20(23)11-18-16-7-5-6-8-19(16)26-22-18/h5-10,15H,11H2,1-4H3. The number of ether oxygens (including phenoxy) is 1. The van der Waals surface area contributed by atoms with E-state index in [4.69, 9.17) is 9.26 Å². The number of rotatable bonds is 5. The Morgan fingerprint density at radius 3 is 2.54 bits per heavy atom. The lowest BCUT2D eigenvalue weighted by molar-refractivity contribution is -0.145. The van der Waals surface area contributed by atoms with Gasteiger partial charge in [0.15, 0.2) is 11.7 Å². The van der Waals surface area contributed by atoms with Crippen molar-refractivity contribution in [2.45, 2.75) is 40.2 Å². The highest BCUT2D eigenvalue weighted by Gasteiger charge is 2.23. The average Bonchev–Trinajstić information content (AvgIpc) is 3.00. The fourth-order valence-electron chi connectivity index (χ4n) is 2.94. The molecule has 0 fully saturated rings. The second-order valence-corrected chi connectivity index (χ2v) is 6.55. The zero-order valence-corrected chi connectivity index (χ0v) is 15.3. The Labute approximate surface area is 151 Å². The summed E-state index contributed by atoms with van der Waals surface area (Å²) in [5.74, 6) is -0.713. The maximum absolute atomic E-state index is 12.7. The Balaban J connectivity index is 1.71. The molecule has 26 heavy (non-hydrogen) atoms. The van der Waals surface area contributed by atoms with Crippen molar-refractivity contribution < 1.29 is 18.8 Å². The molecule has 1 atom stereocenters. The fraction of sp³-hybridized carbons (Fsp3) is 0.286. The van der Waals surface area contributed by atoms with Crippen LogP contribution in [0.5, 0.6) is 0 Å². The minimum atomic E-state index is -0.860. The van der Waals surface area contributed by atoms with Crippen molar-refractivity contribution in [3.05, 3.63) is 64.3 Å². The number of carbonyl (C=O) groups is 2. The molecule has 0 aliphatic rings. The predicted molar refractivity (Wildman–Crippen MR) is 98.3 cm³/mol. The first-order valence-corrected chi connectivity index (χ1v) is 8.51. The monoisotopic (exact) mass is 351 g/mol. The largest absolute Gasteiger partial charge is 0.454 e. The summed E-state index contributed by atoms with van der Waals surface area (Å²) in [7, 11) is 0. The summed E-state index contributed by atoms with van der Waals surface area (Å²) in [6, 6.07) is 11.1. The smallest absolute Gasteiger partial charge is 0.312 e. The molecule has 0 aliphatic heterocycles. The van der Waals surface area contributed by atoms with Crippen molar-refractivity contribution in [1.82, 2.24) is 5.16 Å². The van der Waals surface area contributed by atoms with Gasteiger partial charge in [0.25, 0.3) is 0 Å². The molecule has 0 radical (unpaired) electrons. The van der Waals surface area contributed by atoms with E-state index in [1.807, 2.05) is 51.1 Å². The quantitative estimate of drug-likeness (QED) is 0.511. The van der Waals surface area contributed by atoms with Crippen LogP contribution in [0.2, 0.25) is 0 Å². The number of para-hydroxylation sites is 1. The summed E-state index contributed by atoms with van der Waals surface area (Å²) in [4.78, 5) is 24.9. The van der Waals surface area contributed by atoms with Crippen LogP contribution in [0.25, 0.3) is 11.0 Å². The van der Waals surface area contributed by atoms with Crippen molar-refractivity contribution in [2.75, 3.05) is 0 Å². The van der Waals surface area contributed by atoms with Crippen LogP contribution >= 0.6 is 0 Å². The van der Waals surface area contributed by atoms with E-state index in [1.54, 1.807) is 13.0 Å². The summed E-state index contributed by atoms with van der Waals surface area (Å²) in [6.45, 7) is 7.44. The fourth-order valence-corrected chi connectivity index (χ4v) is 2.94. The number of carbonyl (C=O) groups excluding carboxylic acids is 2. The van der Waals surface area contributed by atoms with Gasteiger partial charge in [0.05, 0.1) is 6.42 Å². The van der Waals surface area contributed by atoms with Crippen LogP contribution < -0.4 is 0 Å². The molecule has 0 bridgehead atoms. The molecule has 5 nitrogen and oxygen atoms in total. The molecule has 0 amide bonds. The zero-order valence-electron chi connectivity index (χ0n) is 15.3. The Morgan fingerprint density at radius 1 is 1.08 bits per heavy atom. The van der Waals surface area contributed by atoms with E-state index >= 15 is 0 Å². The molecular weight excluding hydrogens is 330 g/mol. The second-order valence-electron chi connectivity index (χ2n) is 6.55. The van der Waals surface area contributed by atoms with Crippen LogP contribution in [-0.4, -0.2) is 23.0 Å². The molecule has 0 aliphatic carbocycles. The van der Waals surface area contributed by atoms with Crippen molar-refractivity contribution >= 4 is 22.7 Å². The highest BCUT2D eigenvalue weighted by molar-refractivity contribution is 6.01. The lowest BCUT2D eigenvalue weighted by Crippen LogP contribution is -2.26. The second kappa shape index (κ2) is 7.12. The third kappa shape index (κ3) is 3.52. The van der Waals surface area contributed by atoms with Gasteiger partial charge in [-0.05, 0) is 62.6 Å². The number of ketones is 1. The molecule has 0 saturated heterocycles. The maximum atomic E-state index is 12.7. The Morgan fingerprint density at radius 2 is 1.77 bits per heavy atom. The molecule has 1 aromatic heterocycles. The van der Waals surface area contributed by atoms with E-state index in [-0.39, 0.29) is 12.2 Å². The van der Waals surface area contributed by atoms with Gasteiger partial charge >= 0.3 is 5.97 Å². The molecule has 3 aromatic rings. The number of hydrogen-bond acceptors (Lipinski definition) is 5. The van der Waals surface area contributed by atoms with Crippen molar-refractivity contribution in [3.63, 3.8) is 0 Å². The summed E-state index contributed by atoms with van der Waals surface area (Å²) in [5.41, 5.74) is 4.75. The summed E-state index contributed by atoms with van der Waals surface area (Å²) < 4.78 is 10.5. The number of aryl methyl sites for hydroxylation is 3. The maximum Gasteiger partial charge on any atom is 0.312 e. The predicted octanol–water partition coefficient (Wildman–Crippen LogP) is 4.11. The first kappa shape index (κ1) is 17.9. The molecule has 0 saturated carbocycles. The molecular formula is C21H21NO4. The SMILES string of the molecule is Cc1cc(C)c(C(=O)C(C)OC(=O)Cc2noc3ccccc23)cc1C. The third-order valence-corrected chi connectivity index (χ3v) is 4.55. The molecule has 3 rings (SSSR count). The van der Waals surface area contributed by atoms with E-state index in [2.05, 4.69) is 5.16 Å². The van der Waals surface area contributed by atoms with Crippen molar-refractivity contribution in [1.29, 1.82) is 0 Å². The van der Waals surface area contributed by atoms with Gasteiger partial charge in [0, 0.05) is 10.9 Å². The van der Waals surface area contributed by atoms with Gasteiger partial charge in [-0.25, -0.2) is 0 Å². The van der Waals surface area contributed by atoms with E-state index in [0.29, 0.717) is 16.8 Å². The van der Waals surface area contributed by atoms with Gasteiger partial charge < -0.3 is 9.26 Å². The summed E-state index contributed by atoms with van der Waals surface area (Å²) in [6.07, 6.45) is -0.901. The Bertz CT molecular complexity index is 987. The molecule has 1 unspecified atom stereocenters. The van der Waals surface area contributed by atoms with Crippen molar-refractivity contribution in [3.8, 4) is 0 Å². The van der Waals surface area contributed by atoms with E-state index in [0.717, 1.165) is 22.1 Å². The molecule has 134 valence electrons.